The van der Waals surface area contributed by atoms with Gasteiger partial charge in [-0.05, 0) is 68.2 Å². The van der Waals surface area contributed by atoms with Crippen molar-refractivity contribution in [1.82, 2.24) is 9.97 Å². The maximum atomic E-state index is 13.4. The fourth-order valence-electron chi connectivity index (χ4n) is 5.14. The topological polar surface area (TPSA) is 116 Å². The van der Waals surface area contributed by atoms with Crippen molar-refractivity contribution in [3.05, 3.63) is 41.6 Å². The normalized spacial score (nSPS) is 21.7. The Labute approximate surface area is 206 Å². The summed E-state index contributed by atoms with van der Waals surface area (Å²) in [5, 5.41) is 12.9. The molecule has 0 radical (unpaired) electrons. The third kappa shape index (κ3) is 5.75. The van der Waals surface area contributed by atoms with Gasteiger partial charge in [-0.25, -0.2) is 18.4 Å². The summed E-state index contributed by atoms with van der Waals surface area (Å²) in [5.41, 5.74) is 1.32. The minimum atomic E-state index is -3.25. The van der Waals surface area contributed by atoms with Crippen molar-refractivity contribution in [3.63, 3.8) is 0 Å². The monoisotopic (exact) mass is 499 g/mol. The minimum Gasteiger partial charge on any atom is -0.391 e. The van der Waals surface area contributed by atoms with E-state index in [4.69, 9.17) is 0 Å². The van der Waals surface area contributed by atoms with Crippen LogP contribution in [0.3, 0.4) is 0 Å². The summed E-state index contributed by atoms with van der Waals surface area (Å²) in [6, 6.07) is 8.75. The van der Waals surface area contributed by atoms with Gasteiger partial charge in [0.15, 0.2) is 9.84 Å². The average molecular weight is 500 g/mol. The van der Waals surface area contributed by atoms with E-state index in [1.54, 1.807) is 18.2 Å². The van der Waals surface area contributed by atoms with Crippen molar-refractivity contribution in [3.8, 4) is 0 Å². The van der Waals surface area contributed by atoms with Crippen LogP contribution in [0, 0.1) is 5.41 Å². The number of aliphatic hydroxyl groups is 1. The molecule has 9 nitrogen and oxygen atoms in total. The molecule has 1 atom stereocenters. The maximum Gasteiger partial charge on any atom is 0.260 e. The molecule has 2 saturated heterocycles. The number of carbonyl (C=O) groups is 1. The zero-order valence-corrected chi connectivity index (χ0v) is 20.9. The van der Waals surface area contributed by atoms with Gasteiger partial charge in [0, 0.05) is 32.4 Å². The lowest BCUT2D eigenvalue weighted by Crippen LogP contribution is -2.38. The molecule has 3 aliphatic rings. The Morgan fingerprint density at radius 1 is 1.09 bits per heavy atom. The third-order valence-electron chi connectivity index (χ3n) is 7.36. The van der Waals surface area contributed by atoms with Crippen molar-refractivity contribution in [2.24, 2.45) is 5.41 Å². The molecule has 0 aromatic carbocycles. The largest absolute Gasteiger partial charge is 0.391 e. The molecular formula is C25H33N5O4S. The Balaban J connectivity index is 1.38. The van der Waals surface area contributed by atoms with Crippen molar-refractivity contribution in [2.75, 3.05) is 47.6 Å². The lowest BCUT2D eigenvalue weighted by molar-refractivity contribution is 0.102. The second-order valence-electron chi connectivity index (χ2n) is 10.3. The van der Waals surface area contributed by atoms with Crippen LogP contribution in [0.15, 0.2) is 30.3 Å². The molecule has 10 heteroatoms. The summed E-state index contributed by atoms with van der Waals surface area (Å²) in [6.45, 7) is 2.95. The van der Waals surface area contributed by atoms with Gasteiger partial charge in [0.05, 0.1) is 23.1 Å². The van der Waals surface area contributed by atoms with Gasteiger partial charge in [-0.3, -0.25) is 4.79 Å². The lowest BCUT2D eigenvalue weighted by Gasteiger charge is -2.34. The highest BCUT2D eigenvalue weighted by Gasteiger charge is 2.45. The number of anilines is 3. The molecule has 0 unspecified atom stereocenters. The number of nitrogens with one attached hydrogen (secondary N) is 1. The van der Waals surface area contributed by atoms with E-state index in [1.807, 2.05) is 17.0 Å². The van der Waals surface area contributed by atoms with Gasteiger partial charge in [0.1, 0.15) is 17.5 Å². The second-order valence-corrected chi connectivity index (χ2v) is 12.4. The molecule has 1 amide bonds. The van der Waals surface area contributed by atoms with Crippen LogP contribution in [0.25, 0.3) is 0 Å². The van der Waals surface area contributed by atoms with Gasteiger partial charge < -0.3 is 20.2 Å². The number of carbonyl (C=O) groups excluding carboxylic acids is 1. The van der Waals surface area contributed by atoms with Crippen LogP contribution in [0.5, 0.6) is 0 Å². The number of amides is 1. The van der Waals surface area contributed by atoms with E-state index < -0.39 is 9.84 Å². The van der Waals surface area contributed by atoms with Crippen LogP contribution in [0.1, 0.15) is 54.6 Å². The molecule has 188 valence electrons. The van der Waals surface area contributed by atoms with Crippen molar-refractivity contribution < 1.29 is 18.3 Å². The number of rotatable bonds is 6. The first kappa shape index (κ1) is 24.0. The number of nitrogens with zero attached hydrogens (tertiary/aromatic N) is 4. The molecule has 1 saturated carbocycles. The standard InChI is InChI=1S/C25H33N5O4S/c1-35(33,34)17-18-7-8-20(23(26-18)29-14-11-25(9-10-25)12-15-29)24(32)28-21-5-2-6-22(27-21)30-13-3-4-19(31)16-30/h2,5-8,19,31H,3-4,9-17H2,1H3,(H,27,28,32)/t19-/m1/s1. The zero-order chi connectivity index (χ0) is 24.6. The summed E-state index contributed by atoms with van der Waals surface area (Å²) in [4.78, 5) is 26.7. The maximum absolute atomic E-state index is 13.4. The molecule has 1 aliphatic carbocycles. The Hall–Kier alpha value is -2.72. The molecule has 2 aromatic heterocycles. The number of β-amino-alcohol motifs (C(OH)–C–C–N with tert-alkyl or cyclic N) is 1. The van der Waals surface area contributed by atoms with E-state index in [1.165, 1.54) is 19.1 Å². The zero-order valence-electron chi connectivity index (χ0n) is 20.1. The van der Waals surface area contributed by atoms with Gasteiger partial charge in [-0.1, -0.05) is 6.07 Å². The number of pyridine rings is 2. The number of aromatic nitrogens is 2. The van der Waals surface area contributed by atoms with Crippen molar-refractivity contribution >= 4 is 33.2 Å². The predicted octanol–water partition coefficient (Wildman–Crippen LogP) is 2.62. The average Bonchev–Trinajstić information content (AvgIpc) is 3.57. The first-order valence-corrected chi connectivity index (χ1v) is 14.4. The Morgan fingerprint density at radius 3 is 2.54 bits per heavy atom. The van der Waals surface area contributed by atoms with Gasteiger partial charge >= 0.3 is 0 Å². The predicted molar refractivity (Wildman–Crippen MR) is 136 cm³/mol. The van der Waals surface area contributed by atoms with Gasteiger partial charge in [-0.2, -0.15) is 0 Å². The minimum absolute atomic E-state index is 0.162. The fraction of sp³-hybridized carbons (Fsp3) is 0.560. The fourth-order valence-corrected chi connectivity index (χ4v) is 5.84. The summed E-state index contributed by atoms with van der Waals surface area (Å²) in [7, 11) is -3.25. The SMILES string of the molecule is CS(=O)(=O)Cc1ccc(C(=O)Nc2cccc(N3CCC[C@@H](O)C3)n2)c(N2CCC3(CC2)CC3)n1. The molecule has 3 fully saturated rings. The number of hydrogen-bond acceptors (Lipinski definition) is 8. The molecule has 0 bridgehead atoms. The Kier molecular flexibility index (Phi) is 6.43. The molecule has 2 aliphatic heterocycles. The number of piperidine rings is 2. The molecule has 4 heterocycles. The van der Waals surface area contributed by atoms with Gasteiger partial charge in [-0.15, -0.1) is 0 Å². The molecule has 2 N–H and O–H groups in total. The van der Waals surface area contributed by atoms with Crippen LogP contribution in [-0.2, 0) is 15.6 Å². The molecule has 1 spiro atoms. The van der Waals surface area contributed by atoms with Gasteiger partial charge in [0.2, 0.25) is 0 Å². The van der Waals surface area contributed by atoms with Crippen molar-refractivity contribution in [1.29, 1.82) is 0 Å². The first-order valence-electron chi connectivity index (χ1n) is 12.3. The highest BCUT2D eigenvalue weighted by molar-refractivity contribution is 7.89. The van der Waals surface area contributed by atoms with Crippen molar-refractivity contribution in [2.45, 2.75) is 50.4 Å². The van der Waals surface area contributed by atoms with Crippen LogP contribution < -0.4 is 15.1 Å². The number of aliphatic hydroxyl groups excluding tert-OH is 1. The summed E-state index contributed by atoms with van der Waals surface area (Å²) < 4.78 is 23.7. The van der Waals surface area contributed by atoms with Crippen LogP contribution in [0.4, 0.5) is 17.5 Å². The highest BCUT2D eigenvalue weighted by atomic mass is 32.2. The number of sulfone groups is 1. The Morgan fingerprint density at radius 2 is 1.86 bits per heavy atom. The Bertz CT molecular complexity index is 1200. The second kappa shape index (κ2) is 9.39. The highest BCUT2D eigenvalue weighted by Crippen LogP contribution is 2.54. The van der Waals surface area contributed by atoms with E-state index in [2.05, 4.69) is 20.2 Å². The van der Waals surface area contributed by atoms with E-state index in [0.29, 0.717) is 40.7 Å². The van der Waals surface area contributed by atoms with Gasteiger partial charge in [0.25, 0.3) is 5.91 Å². The molecule has 2 aromatic rings. The third-order valence-corrected chi connectivity index (χ3v) is 8.18. The van der Waals surface area contributed by atoms with E-state index in [-0.39, 0.29) is 17.8 Å². The smallest absolute Gasteiger partial charge is 0.260 e. The van der Waals surface area contributed by atoms with E-state index >= 15 is 0 Å². The quantitative estimate of drug-likeness (QED) is 0.623. The first-order chi connectivity index (χ1) is 16.7. The van der Waals surface area contributed by atoms with Crippen LogP contribution in [-0.4, -0.2) is 67.9 Å². The number of hydrogen-bond donors (Lipinski definition) is 2. The summed E-state index contributed by atoms with van der Waals surface area (Å²) in [5.74, 6) is 1.19. The van der Waals surface area contributed by atoms with E-state index in [0.717, 1.165) is 45.3 Å². The van der Waals surface area contributed by atoms with Crippen LogP contribution in [0.2, 0.25) is 0 Å². The molecule has 35 heavy (non-hydrogen) atoms. The van der Waals surface area contributed by atoms with E-state index in [9.17, 15) is 18.3 Å². The molecule has 5 rings (SSSR count). The van der Waals surface area contributed by atoms with Crippen LogP contribution >= 0.6 is 0 Å². The summed E-state index contributed by atoms with van der Waals surface area (Å²) in [6.07, 6.45) is 7.17. The lowest BCUT2D eigenvalue weighted by atomic mass is 9.93. The molecular weight excluding hydrogens is 466 g/mol. The summed E-state index contributed by atoms with van der Waals surface area (Å²) >= 11 is 0.